The molecule has 1 saturated heterocycles. The van der Waals surface area contributed by atoms with E-state index in [1.165, 1.54) is 12.2 Å². The van der Waals surface area contributed by atoms with Gasteiger partial charge in [-0.25, -0.2) is 8.42 Å². The van der Waals surface area contributed by atoms with E-state index in [1.807, 2.05) is 0 Å². The fraction of sp³-hybridized carbons (Fsp3) is 0.583. The molecule has 10 heteroatoms. The summed E-state index contributed by atoms with van der Waals surface area (Å²) in [5.41, 5.74) is 0.0552. The lowest BCUT2D eigenvalue weighted by molar-refractivity contribution is -0.227. The summed E-state index contributed by atoms with van der Waals surface area (Å²) in [6.45, 7) is 0. The van der Waals surface area contributed by atoms with Crippen molar-refractivity contribution in [3.63, 3.8) is 0 Å². The molecule has 0 aromatic rings. The molecule has 2 aliphatic rings. The number of hydrogen-bond donors (Lipinski definition) is 1. The quantitative estimate of drug-likeness (QED) is 0.762. The van der Waals surface area contributed by atoms with E-state index in [-0.39, 0.29) is 17.8 Å². The smallest absolute Gasteiger partial charge is 0.427 e. The highest BCUT2D eigenvalue weighted by atomic mass is 35.5. The lowest BCUT2D eigenvalue weighted by atomic mass is 9.86. The van der Waals surface area contributed by atoms with Gasteiger partial charge in [0, 0.05) is 12.7 Å². The van der Waals surface area contributed by atoms with E-state index >= 15 is 0 Å². The zero-order chi connectivity index (χ0) is 16.9. The summed E-state index contributed by atoms with van der Waals surface area (Å²) in [6.07, 6.45) is -4.98. The van der Waals surface area contributed by atoms with Gasteiger partial charge < -0.3 is 9.84 Å². The number of sulfone groups is 1. The van der Waals surface area contributed by atoms with E-state index in [0.29, 0.717) is 0 Å². The molecule has 1 heterocycles. The number of rotatable bonds is 2. The van der Waals surface area contributed by atoms with Crippen molar-refractivity contribution in [3.8, 4) is 0 Å². The minimum atomic E-state index is -4.97. The summed E-state index contributed by atoms with van der Waals surface area (Å²) in [5.74, 6) is -2.04. The van der Waals surface area contributed by atoms with Crippen molar-refractivity contribution in [2.45, 2.75) is 35.2 Å². The Balaban J connectivity index is 2.44. The molecule has 0 bridgehead atoms. The number of hydrogen-bond acceptors (Lipinski definition) is 4. The van der Waals surface area contributed by atoms with E-state index in [0.717, 1.165) is 6.26 Å². The third-order valence-electron chi connectivity index (χ3n) is 3.55. The number of fused-ring (bicyclic) bond motifs is 1. The van der Waals surface area contributed by atoms with Crippen molar-refractivity contribution in [1.29, 1.82) is 0 Å². The van der Waals surface area contributed by atoms with Crippen LogP contribution in [0.4, 0.5) is 13.2 Å². The third-order valence-corrected chi connectivity index (χ3v) is 5.47. The highest BCUT2D eigenvalue weighted by Gasteiger charge is 2.62. The second-order valence-electron chi connectivity index (χ2n) is 5.25. The Morgan fingerprint density at radius 2 is 2.09 bits per heavy atom. The molecule has 124 valence electrons. The summed E-state index contributed by atoms with van der Waals surface area (Å²) in [5, 5.41) is 8.13. The Hall–Kier alpha value is -1.22. The Bertz CT molecular complexity index is 667. The predicted molar refractivity (Wildman–Crippen MR) is 71.2 cm³/mol. The fourth-order valence-corrected chi connectivity index (χ4v) is 3.57. The number of carboxylic acids is 1. The summed E-state index contributed by atoms with van der Waals surface area (Å²) < 4.78 is 66.8. The maximum Gasteiger partial charge on any atom is 0.427 e. The summed E-state index contributed by atoms with van der Waals surface area (Å²) in [7, 11) is -3.47. The van der Waals surface area contributed by atoms with Crippen molar-refractivity contribution in [2.24, 2.45) is 0 Å². The highest BCUT2D eigenvalue weighted by molar-refractivity contribution is 7.91. The Kier molecular flexibility index (Phi) is 4.02. The van der Waals surface area contributed by atoms with Crippen LogP contribution < -0.4 is 0 Å². The molecule has 22 heavy (non-hydrogen) atoms. The van der Waals surface area contributed by atoms with Crippen LogP contribution in [0, 0.1) is 0 Å². The maximum atomic E-state index is 13.0. The van der Waals surface area contributed by atoms with Gasteiger partial charge in [0.05, 0.1) is 5.25 Å². The number of ether oxygens (including phenoxy) is 1. The predicted octanol–water partition coefficient (Wildman–Crippen LogP) is 2.03. The lowest BCUT2D eigenvalue weighted by Gasteiger charge is -2.40. The molecule has 1 N–H and O–H groups in total. The number of halogens is 4. The number of carboxylic acid groups (broad SMARTS) is 1. The molecule has 2 rings (SSSR count). The first-order chi connectivity index (χ1) is 9.85. The minimum absolute atomic E-state index is 0.0371. The van der Waals surface area contributed by atoms with Gasteiger partial charge in [0.2, 0.25) is 6.10 Å². The lowest BCUT2D eigenvalue weighted by Crippen LogP contribution is -2.56. The zero-order valence-corrected chi connectivity index (χ0v) is 12.8. The van der Waals surface area contributed by atoms with Crippen LogP contribution in [0.5, 0.6) is 0 Å². The average molecular weight is 361 g/mol. The molecule has 0 saturated carbocycles. The summed E-state index contributed by atoms with van der Waals surface area (Å²) in [4.78, 5) is 8.47. The van der Waals surface area contributed by atoms with Gasteiger partial charge in [-0.2, -0.15) is 13.2 Å². The number of allylic oxidation sites excluding steroid dienone is 2. The molecule has 3 atom stereocenters. The topological polar surface area (TPSA) is 80.7 Å². The molecule has 0 amide bonds. The molecule has 0 radical (unpaired) electrons. The van der Waals surface area contributed by atoms with Gasteiger partial charge in [-0.05, 0) is 18.1 Å². The van der Waals surface area contributed by atoms with Gasteiger partial charge in [-0.3, -0.25) is 4.79 Å². The van der Waals surface area contributed by atoms with E-state index in [2.05, 4.69) is 0 Å². The van der Waals surface area contributed by atoms with Crippen LogP contribution in [0.25, 0.3) is 0 Å². The number of aliphatic carboxylic acids is 1. The molecule has 0 aromatic heterocycles. The zero-order valence-electron chi connectivity index (χ0n) is 11.2. The van der Waals surface area contributed by atoms with Crippen LogP contribution in [0.15, 0.2) is 23.5 Å². The van der Waals surface area contributed by atoms with E-state index < -0.39 is 44.6 Å². The summed E-state index contributed by atoms with van der Waals surface area (Å²) >= 11 is 5.68. The molecule has 5 nitrogen and oxygen atoms in total. The van der Waals surface area contributed by atoms with Crippen molar-refractivity contribution in [1.82, 2.24) is 0 Å². The third kappa shape index (κ3) is 2.96. The molecular weight excluding hydrogens is 349 g/mol. The van der Waals surface area contributed by atoms with Gasteiger partial charge >= 0.3 is 12.1 Å². The monoisotopic (exact) mass is 360 g/mol. The van der Waals surface area contributed by atoms with Gasteiger partial charge in [-0.15, -0.1) is 11.6 Å². The normalized spacial score (nSPS) is 32.4. The van der Waals surface area contributed by atoms with Gasteiger partial charge in [0.25, 0.3) is 0 Å². The van der Waals surface area contributed by atoms with E-state index in [1.54, 1.807) is 0 Å². The maximum absolute atomic E-state index is 13.0. The highest BCUT2D eigenvalue weighted by Crippen LogP contribution is 2.47. The van der Waals surface area contributed by atoms with Crippen LogP contribution in [0.1, 0.15) is 12.8 Å². The molecule has 0 aromatic carbocycles. The SMILES string of the molecule is CS(=O)(=O)C1C=C2CC(Cl)(C(=O)O)C(C(F)(F)F)OC2=CC1. The van der Waals surface area contributed by atoms with Gasteiger partial charge in [-0.1, -0.05) is 6.08 Å². The van der Waals surface area contributed by atoms with Gasteiger partial charge in [0.1, 0.15) is 5.76 Å². The van der Waals surface area contributed by atoms with E-state index in [9.17, 15) is 26.4 Å². The molecule has 0 spiro atoms. The Labute approximate surface area is 129 Å². The molecule has 3 unspecified atom stereocenters. The van der Waals surface area contributed by atoms with Crippen LogP contribution in [-0.2, 0) is 19.4 Å². The van der Waals surface area contributed by atoms with Crippen molar-refractivity contribution < 1.29 is 36.2 Å². The average Bonchev–Trinajstić information content (AvgIpc) is 2.34. The number of carbonyl (C=O) groups is 1. The first-order valence-electron chi connectivity index (χ1n) is 6.11. The van der Waals surface area contributed by atoms with Crippen LogP contribution in [0.3, 0.4) is 0 Å². The van der Waals surface area contributed by atoms with Crippen LogP contribution >= 0.6 is 11.6 Å². The van der Waals surface area contributed by atoms with Crippen LogP contribution in [0.2, 0.25) is 0 Å². The van der Waals surface area contributed by atoms with Crippen molar-refractivity contribution >= 4 is 27.4 Å². The van der Waals surface area contributed by atoms with Crippen LogP contribution in [-0.4, -0.2) is 48.2 Å². The minimum Gasteiger partial charge on any atom is -0.480 e. The van der Waals surface area contributed by atoms with Crippen molar-refractivity contribution in [3.05, 3.63) is 23.5 Å². The number of alkyl halides is 4. The van der Waals surface area contributed by atoms with Crippen molar-refractivity contribution in [2.75, 3.05) is 6.26 Å². The molecule has 1 aliphatic carbocycles. The molecule has 1 fully saturated rings. The van der Waals surface area contributed by atoms with E-state index in [4.69, 9.17) is 21.4 Å². The standard InChI is InChI=1S/C12H12ClF3O5S/c1-22(19,20)7-2-3-8-6(4-7)5-11(13,10(17)18)9(21-8)12(14,15)16/h3-4,7,9H,2,5H2,1H3,(H,17,18). The largest absolute Gasteiger partial charge is 0.480 e. The summed E-state index contributed by atoms with van der Waals surface area (Å²) in [6, 6.07) is 0. The second kappa shape index (κ2) is 5.16. The fourth-order valence-electron chi connectivity index (χ4n) is 2.40. The first kappa shape index (κ1) is 17.1. The Morgan fingerprint density at radius 3 is 2.55 bits per heavy atom. The Morgan fingerprint density at radius 1 is 1.50 bits per heavy atom. The second-order valence-corrected chi connectivity index (χ2v) is 8.19. The first-order valence-corrected chi connectivity index (χ1v) is 8.44. The molecular formula is C12H12ClF3O5S. The molecule has 1 aliphatic heterocycles. The van der Waals surface area contributed by atoms with Gasteiger partial charge in [0.15, 0.2) is 14.7 Å².